The molecular weight excluding hydrogens is 261 g/mol. The van der Waals surface area contributed by atoms with E-state index in [-0.39, 0.29) is 5.91 Å². The Balaban J connectivity index is 2.18. The Labute approximate surface area is 117 Å². The molecule has 20 heavy (non-hydrogen) atoms. The normalized spacial score (nSPS) is 20.5. The van der Waals surface area contributed by atoms with Crippen molar-refractivity contribution >= 4 is 11.9 Å². The lowest BCUT2D eigenvalue weighted by Gasteiger charge is -2.34. The van der Waals surface area contributed by atoms with Crippen LogP contribution in [0.4, 0.5) is 4.39 Å². The Morgan fingerprint density at radius 2 is 2.15 bits per heavy atom. The first-order chi connectivity index (χ1) is 9.50. The Bertz CT molecular complexity index is 518. The molecule has 2 rings (SSSR count). The van der Waals surface area contributed by atoms with Gasteiger partial charge in [-0.05, 0) is 43.9 Å². The Kier molecular flexibility index (Phi) is 4.37. The van der Waals surface area contributed by atoms with Gasteiger partial charge in [-0.3, -0.25) is 4.79 Å². The number of nitrogens with zero attached hydrogens (tertiary/aromatic N) is 1. The average Bonchev–Trinajstić information content (AvgIpc) is 2.45. The van der Waals surface area contributed by atoms with E-state index in [0.29, 0.717) is 18.5 Å². The molecule has 1 aromatic carbocycles. The third-order valence-electron chi connectivity index (χ3n) is 3.79. The number of hydrogen-bond acceptors (Lipinski definition) is 2. The smallest absolute Gasteiger partial charge is 0.326 e. The predicted octanol–water partition coefficient (Wildman–Crippen LogP) is 2.39. The molecule has 0 saturated carbocycles. The van der Waals surface area contributed by atoms with Crippen LogP contribution < -0.4 is 0 Å². The molecule has 108 valence electrons. The first-order valence-corrected chi connectivity index (χ1v) is 6.79. The number of carboxylic acids is 1. The van der Waals surface area contributed by atoms with E-state index in [1.54, 1.807) is 19.1 Å². The van der Waals surface area contributed by atoms with E-state index in [9.17, 15) is 19.1 Å². The van der Waals surface area contributed by atoms with Crippen molar-refractivity contribution in [2.75, 3.05) is 6.54 Å². The summed E-state index contributed by atoms with van der Waals surface area (Å²) in [5.41, 5.74) is 0.574. The van der Waals surface area contributed by atoms with E-state index in [2.05, 4.69) is 0 Å². The van der Waals surface area contributed by atoms with Crippen molar-refractivity contribution in [2.24, 2.45) is 0 Å². The van der Waals surface area contributed by atoms with Gasteiger partial charge in [-0.15, -0.1) is 0 Å². The fourth-order valence-electron chi connectivity index (χ4n) is 2.62. The number of carboxylic acid groups (broad SMARTS) is 1. The number of likely N-dealkylation sites (tertiary alicyclic amines) is 1. The number of carbonyl (C=O) groups is 2. The first kappa shape index (κ1) is 14.5. The SMILES string of the molecule is C[C@@H](C(=O)N1CCCC[C@H]1C(=O)O)c1cccc(F)c1. The van der Waals surface area contributed by atoms with E-state index in [1.807, 2.05) is 0 Å². The molecule has 4 nitrogen and oxygen atoms in total. The maximum atomic E-state index is 13.2. The van der Waals surface area contributed by atoms with E-state index < -0.39 is 23.7 Å². The Morgan fingerprint density at radius 1 is 1.40 bits per heavy atom. The van der Waals surface area contributed by atoms with Crippen LogP contribution in [0.1, 0.15) is 37.7 Å². The average molecular weight is 279 g/mol. The third kappa shape index (κ3) is 2.98. The molecule has 0 bridgehead atoms. The molecule has 1 aliphatic rings. The summed E-state index contributed by atoms with van der Waals surface area (Å²) in [7, 11) is 0. The van der Waals surface area contributed by atoms with E-state index >= 15 is 0 Å². The summed E-state index contributed by atoms with van der Waals surface area (Å²) in [6.45, 7) is 2.14. The second kappa shape index (κ2) is 6.03. The van der Waals surface area contributed by atoms with Crippen molar-refractivity contribution in [1.82, 2.24) is 4.90 Å². The Morgan fingerprint density at radius 3 is 2.80 bits per heavy atom. The summed E-state index contributed by atoms with van der Waals surface area (Å²) in [6, 6.07) is 5.13. The van der Waals surface area contributed by atoms with Gasteiger partial charge in [0, 0.05) is 6.54 Å². The zero-order valence-electron chi connectivity index (χ0n) is 11.4. The molecule has 1 heterocycles. The molecule has 1 aromatic rings. The quantitative estimate of drug-likeness (QED) is 0.924. The highest BCUT2D eigenvalue weighted by molar-refractivity contribution is 5.88. The third-order valence-corrected chi connectivity index (χ3v) is 3.79. The lowest BCUT2D eigenvalue weighted by Crippen LogP contribution is -2.49. The van der Waals surface area contributed by atoms with Crippen molar-refractivity contribution in [2.45, 2.75) is 38.1 Å². The van der Waals surface area contributed by atoms with Crippen molar-refractivity contribution in [3.8, 4) is 0 Å². The van der Waals surface area contributed by atoms with Crippen LogP contribution in [0.2, 0.25) is 0 Å². The molecular formula is C15H18FNO3. The molecule has 1 N–H and O–H groups in total. The molecule has 0 spiro atoms. The van der Waals surface area contributed by atoms with Crippen LogP contribution in [0.15, 0.2) is 24.3 Å². The van der Waals surface area contributed by atoms with Gasteiger partial charge in [-0.1, -0.05) is 12.1 Å². The van der Waals surface area contributed by atoms with Crippen LogP contribution >= 0.6 is 0 Å². The number of benzene rings is 1. The van der Waals surface area contributed by atoms with Crippen LogP contribution in [-0.2, 0) is 9.59 Å². The number of hydrogen-bond donors (Lipinski definition) is 1. The lowest BCUT2D eigenvalue weighted by molar-refractivity contribution is -0.152. The summed E-state index contributed by atoms with van der Waals surface area (Å²) < 4.78 is 13.2. The van der Waals surface area contributed by atoms with Crippen molar-refractivity contribution in [1.29, 1.82) is 0 Å². The first-order valence-electron chi connectivity index (χ1n) is 6.79. The Hall–Kier alpha value is -1.91. The molecule has 1 amide bonds. The van der Waals surface area contributed by atoms with Crippen LogP contribution in [0.25, 0.3) is 0 Å². The zero-order valence-corrected chi connectivity index (χ0v) is 11.4. The van der Waals surface area contributed by atoms with Gasteiger partial charge in [0.15, 0.2) is 0 Å². The number of amides is 1. The maximum absolute atomic E-state index is 13.2. The summed E-state index contributed by atoms with van der Waals surface area (Å²) >= 11 is 0. The van der Waals surface area contributed by atoms with Gasteiger partial charge in [0.1, 0.15) is 11.9 Å². The summed E-state index contributed by atoms with van der Waals surface area (Å²) in [5.74, 6) is -2.14. The monoisotopic (exact) mass is 279 g/mol. The van der Waals surface area contributed by atoms with Crippen LogP contribution in [0.5, 0.6) is 0 Å². The molecule has 0 aliphatic carbocycles. The van der Waals surface area contributed by atoms with Crippen LogP contribution in [0.3, 0.4) is 0 Å². The minimum absolute atomic E-state index is 0.247. The predicted molar refractivity (Wildman–Crippen MR) is 71.8 cm³/mol. The topological polar surface area (TPSA) is 57.6 Å². The summed E-state index contributed by atoms with van der Waals surface area (Å²) in [5, 5.41) is 9.20. The lowest BCUT2D eigenvalue weighted by atomic mass is 9.95. The highest BCUT2D eigenvalue weighted by Gasteiger charge is 2.34. The second-order valence-corrected chi connectivity index (χ2v) is 5.16. The highest BCUT2D eigenvalue weighted by Crippen LogP contribution is 2.24. The number of halogens is 1. The van der Waals surface area contributed by atoms with Gasteiger partial charge in [0.05, 0.1) is 5.92 Å². The molecule has 2 atom stereocenters. The number of piperidine rings is 1. The standard InChI is InChI=1S/C15H18FNO3/c1-10(11-5-4-6-12(16)9-11)14(18)17-8-3-2-7-13(17)15(19)20/h4-6,9-10,13H,2-3,7-8H2,1H3,(H,19,20)/t10-,13+/m1/s1. The molecule has 1 fully saturated rings. The van der Waals surface area contributed by atoms with Gasteiger partial charge in [-0.25, -0.2) is 9.18 Å². The summed E-state index contributed by atoms with van der Waals surface area (Å²) in [6.07, 6.45) is 2.11. The van der Waals surface area contributed by atoms with Crippen LogP contribution in [-0.4, -0.2) is 34.5 Å². The second-order valence-electron chi connectivity index (χ2n) is 5.16. The summed E-state index contributed by atoms with van der Waals surface area (Å²) in [4.78, 5) is 25.1. The minimum atomic E-state index is -0.968. The van der Waals surface area contributed by atoms with Gasteiger partial charge < -0.3 is 10.0 Å². The highest BCUT2D eigenvalue weighted by atomic mass is 19.1. The van der Waals surface area contributed by atoms with Gasteiger partial charge in [-0.2, -0.15) is 0 Å². The van der Waals surface area contributed by atoms with Crippen molar-refractivity contribution in [3.63, 3.8) is 0 Å². The van der Waals surface area contributed by atoms with Gasteiger partial charge in [0.25, 0.3) is 0 Å². The van der Waals surface area contributed by atoms with Gasteiger partial charge >= 0.3 is 5.97 Å². The zero-order chi connectivity index (χ0) is 14.7. The van der Waals surface area contributed by atoms with E-state index in [0.717, 1.165) is 12.8 Å². The fraction of sp³-hybridized carbons (Fsp3) is 0.467. The van der Waals surface area contributed by atoms with Crippen molar-refractivity contribution < 1.29 is 19.1 Å². The molecule has 1 aliphatic heterocycles. The van der Waals surface area contributed by atoms with E-state index in [4.69, 9.17) is 0 Å². The molecule has 1 saturated heterocycles. The number of rotatable bonds is 3. The number of carbonyl (C=O) groups excluding carboxylic acids is 1. The minimum Gasteiger partial charge on any atom is -0.480 e. The fourth-order valence-corrected chi connectivity index (χ4v) is 2.62. The maximum Gasteiger partial charge on any atom is 0.326 e. The molecule has 0 radical (unpaired) electrons. The van der Waals surface area contributed by atoms with Crippen molar-refractivity contribution in [3.05, 3.63) is 35.6 Å². The largest absolute Gasteiger partial charge is 0.480 e. The van der Waals surface area contributed by atoms with Gasteiger partial charge in [0.2, 0.25) is 5.91 Å². The van der Waals surface area contributed by atoms with Crippen LogP contribution in [0, 0.1) is 5.82 Å². The number of aliphatic carboxylic acids is 1. The molecule has 0 unspecified atom stereocenters. The molecule has 5 heteroatoms. The van der Waals surface area contributed by atoms with E-state index in [1.165, 1.54) is 17.0 Å². The molecule has 0 aromatic heterocycles.